The standard InChI is InChI=1S/C15H18F2N2O/c1-8-2-5-12(16)13(14(8)17)15(20)19-11-6-9-3-4-10(7-11)18-9/h2,5,9-11,18H,3-4,6-7H2,1H3,(H,19,20). The summed E-state index contributed by atoms with van der Waals surface area (Å²) in [5.41, 5.74) is -0.183. The van der Waals surface area contributed by atoms with Gasteiger partial charge in [0.05, 0.1) is 0 Å². The van der Waals surface area contributed by atoms with Gasteiger partial charge in [0.15, 0.2) is 0 Å². The number of amides is 1. The zero-order valence-electron chi connectivity index (χ0n) is 11.4. The van der Waals surface area contributed by atoms with Crippen LogP contribution in [0.15, 0.2) is 12.1 Å². The van der Waals surface area contributed by atoms with Crippen LogP contribution >= 0.6 is 0 Å². The SMILES string of the molecule is Cc1ccc(F)c(C(=O)NC2CC3CCC(C2)N3)c1F. The largest absolute Gasteiger partial charge is 0.349 e. The van der Waals surface area contributed by atoms with Crippen LogP contribution in [0.25, 0.3) is 0 Å². The van der Waals surface area contributed by atoms with Crippen molar-refractivity contribution < 1.29 is 13.6 Å². The van der Waals surface area contributed by atoms with Gasteiger partial charge in [-0.2, -0.15) is 0 Å². The first-order chi connectivity index (χ1) is 9.54. The molecule has 0 saturated carbocycles. The maximum atomic E-state index is 13.9. The van der Waals surface area contributed by atoms with E-state index < -0.39 is 23.1 Å². The van der Waals surface area contributed by atoms with Crippen molar-refractivity contribution in [2.24, 2.45) is 0 Å². The van der Waals surface area contributed by atoms with Gasteiger partial charge in [-0.1, -0.05) is 6.07 Å². The highest BCUT2D eigenvalue weighted by molar-refractivity contribution is 5.95. The van der Waals surface area contributed by atoms with Crippen LogP contribution in [0.3, 0.4) is 0 Å². The summed E-state index contributed by atoms with van der Waals surface area (Å²) in [4.78, 5) is 12.1. The molecule has 20 heavy (non-hydrogen) atoms. The molecule has 2 atom stereocenters. The molecule has 108 valence electrons. The van der Waals surface area contributed by atoms with Crippen molar-refractivity contribution in [3.63, 3.8) is 0 Å². The maximum Gasteiger partial charge on any atom is 0.257 e. The first-order valence-corrected chi connectivity index (χ1v) is 7.06. The lowest BCUT2D eigenvalue weighted by Gasteiger charge is -2.29. The van der Waals surface area contributed by atoms with E-state index in [2.05, 4.69) is 10.6 Å². The number of nitrogens with one attached hydrogen (secondary N) is 2. The molecule has 2 unspecified atom stereocenters. The van der Waals surface area contributed by atoms with Gasteiger partial charge in [-0.25, -0.2) is 8.78 Å². The maximum absolute atomic E-state index is 13.9. The molecule has 5 heteroatoms. The van der Waals surface area contributed by atoms with Crippen LogP contribution in [-0.2, 0) is 0 Å². The van der Waals surface area contributed by atoms with Crippen LogP contribution in [0.5, 0.6) is 0 Å². The van der Waals surface area contributed by atoms with Crippen molar-refractivity contribution in [3.8, 4) is 0 Å². The Morgan fingerprint density at radius 1 is 1.25 bits per heavy atom. The quantitative estimate of drug-likeness (QED) is 0.872. The monoisotopic (exact) mass is 280 g/mol. The van der Waals surface area contributed by atoms with Gasteiger partial charge < -0.3 is 10.6 Å². The molecule has 1 amide bonds. The average molecular weight is 280 g/mol. The Morgan fingerprint density at radius 2 is 1.90 bits per heavy atom. The fourth-order valence-corrected chi connectivity index (χ4v) is 3.30. The third kappa shape index (κ3) is 2.42. The van der Waals surface area contributed by atoms with Gasteiger partial charge in [-0.05, 0) is 44.2 Å². The van der Waals surface area contributed by atoms with Gasteiger partial charge in [0.1, 0.15) is 17.2 Å². The predicted octanol–water partition coefficient (Wildman–Crippen LogP) is 2.29. The number of halogens is 2. The Balaban J connectivity index is 1.75. The Kier molecular flexibility index (Phi) is 3.46. The molecule has 3 rings (SSSR count). The number of rotatable bonds is 2. The fraction of sp³-hybridized carbons (Fsp3) is 0.533. The minimum Gasteiger partial charge on any atom is -0.349 e. The lowest BCUT2D eigenvalue weighted by Crippen LogP contribution is -2.48. The number of fused-ring (bicyclic) bond motifs is 2. The van der Waals surface area contributed by atoms with Crippen LogP contribution in [0, 0.1) is 18.6 Å². The van der Waals surface area contributed by atoms with Gasteiger partial charge in [-0.15, -0.1) is 0 Å². The lowest BCUT2D eigenvalue weighted by atomic mass is 9.99. The van der Waals surface area contributed by atoms with Gasteiger partial charge in [0, 0.05) is 18.1 Å². The molecule has 2 aliphatic heterocycles. The number of piperidine rings is 1. The number of benzene rings is 1. The summed E-state index contributed by atoms with van der Waals surface area (Å²) in [6, 6.07) is 3.32. The Hall–Kier alpha value is -1.49. The van der Waals surface area contributed by atoms with Crippen molar-refractivity contribution in [1.29, 1.82) is 0 Å². The van der Waals surface area contributed by atoms with Crippen LogP contribution < -0.4 is 10.6 Å². The average Bonchev–Trinajstić information content (AvgIpc) is 2.74. The van der Waals surface area contributed by atoms with Crippen molar-refractivity contribution in [2.45, 2.75) is 50.7 Å². The van der Waals surface area contributed by atoms with Gasteiger partial charge in [0.25, 0.3) is 5.91 Å². The number of aryl methyl sites for hydroxylation is 1. The zero-order chi connectivity index (χ0) is 14.3. The molecule has 2 bridgehead atoms. The highest BCUT2D eigenvalue weighted by atomic mass is 19.1. The molecule has 2 saturated heterocycles. The summed E-state index contributed by atoms with van der Waals surface area (Å²) >= 11 is 0. The molecule has 0 aromatic heterocycles. The van der Waals surface area contributed by atoms with Crippen LogP contribution in [0.2, 0.25) is 0 Å². The van der Waals surface area contributed by atoms with Crippen molar-refractivity contribution in [1.82, 2.24) is 10.6 Å². The molecule has 0 spiro atoms. The molecular formula is C15H18F2N2O. The smallest absolute Gasteiger partial charge is 0.257 e. The van der Waals surface area contributed by atoms with Crippen LogP contribution in [0.1, 0.15) is 41.6 Å². The third-order valence-corrected chi connectivity index (χ3v) is 4.32. The van der Waals surface area contributed by atoms with E-state index in [9.17, 15) is 13.6 Å². The Bertz CT molecular complexity index is 535. The highest BCUT2D eigenvalue weighted by Gasteiger charge is 2.34. The molecule has 0 aliphatic carbocycles. The van der Waals surface area contributed by atoms with E-state index in [0.29, 0.717) is 12.1 Å². The summed E-state index contributed by atoms with van der Waals surface area (Å²) in [5.74, 6) is -2.21. The van der Waals surface area contributed by atoms with E-state index in [1.165, 1.54) is 13.0 Å². The molecule has 2 heterocycles. The summed E-state index contributed by atoms with van der Waals surface area (Å²) in [6.45, 7) is 1.52. The molecule has 2 fully saturated rings. The Morgan fingerprint density at radius 3 is 2.55 bits per heavy atom. The first-order valence-electron chi connectivity index (χ1n) is 7.06. The fourth-order valence-electron chi connectivity index (χ4n) is 3.30. The summed E-state index contributed by atoms with van der Waals surface area (Å²) in [7, 11) is 0. The van der Waals surface area contributed by atoms with Crippen molar-refractivity contribution in [2.75, 3.05) is 0 Å². The predicted molar refractivity (Wildman–Crippen MR) is 71.5 cm³/mol. The molecule has 0 radical (unpaired) electrons. The van der Waals surface area contributed by atoms with Crippen molar-refractivity contribution in [3.05, 3.63) is 34.9 Å². The number of hydrogen-bond donors (Lipinski definition) is 2. The molecule has 3 nitrogen and oxygen atoms in total. The molecule has 1 aromatic rings. The normalized spacial score (nSPS) is 28.4. The summed E-state index contributed by atoms with van der Waals surface area (Å²) in [6.07, 6.45) is 3.89. The van der Waals surface area contributed by atoms with E-state index >= 15 is 0 Å². The minimum absolute atomic E-state index is 0.000521. The van der Waals surface area contributed by atoms with Crippen LogP contribution in [-0.4, -0.2) is 24.0 Å². The summed E-state index contributed by atoms with van der Waals surface area (Å²) in [5, 5.41) is 6.25. The van der Waals surface area contributed by atoms with E-state index in [1.54, 1.807) is 0 Å². The molecule has 2 aliphatic rings. The third-order valence-electron chi connectivity index (χ3n) is 4.32. The van der Waals surface area contributed by atoms with Crippen LogP contribution in [0.4, 0.5) is 8.78 Å². The molecular weight excluding hydrogens is 262 g/mol. The second-order valence-electron chi connectivity index (χ2n) is 5.83. The number of carbonyl (C=O) groups excluding carboxylic acids is 1. The number of hydrogen-bond acceptors (Lipinski definition) is 2. The van der Waals surface area contributed by atoms with Gasteiger partial charge in [0.2, 0.25) is 0 Å². The molecule has 2 N–H and O–H groups in total. The first kappa shape index (κ1) is 13.5. The van der Waals surface area contributed by atoms with Gasteiger partial charge >= 0.3 is 0 Å². The van der Waals surface area contributed by atoms with E-state index in [4.69, 9.17) is 0 Å². The number of carbonyl (C=O) groups is 1. The van der Waals surface area contributed by atoms with E-state index in [1.807, 2.05) is 0 Å². The van der Waals surface area contributed by atoms with Crippen molar-refractivity contribution >= 4 is 5.91 Å². The minimum atomic E-state index is -0.803. The second kappa shape index (κ2) is 5.13. The van der Waals surface area contributed by atoms with Gasteiger partial charge in [-0.3, -0.25) is 4.79 Å². The zero-order valence-corrected chi connectivity index (χ0v) is 11.4. The molecule has 1 aromatic carbocycles. The topological polar surface area (TPSA) is 41.1 Å². The van der Waals surface area contributed by atoms with E-state index in [0.717, 1.165) is 31.7 Å². The summed E-state index contributed by atoms with van der Waals surface area (Å²) < 4.78 is 27.6. The Labute approximate surface area is 116 Å². The lowest BCUT2D eigenvalue weighted by molar-refractivity contribution is 0.0915. The second-order valence-corrected chi connectivity index (χ2v) is 5.83. The highest BCUT2D eigenvalue weighted by Crippen LogP contribution is 2.27. The van der Waals surface area contributed by atoms with E-state index in [-0.39, 0.29) is 11.6 Å².